The Morgan fingerprint density at radius 1 is 1.05 bits per heavy atom. The van der Waals surface area contributed by atoms with Crippen molar-refractivity contribution in [2.45, 2.75) is 97.6 Å². The van der Waals surface area contributed by atoms with E-state index in [-0.39, 0.29) is 11.8 Å². The Hall–Kier alpha value is -2.54. The number of benzene rings is 1. The van der Waals surface area contributed by atoms with Crippen LogP contribution >= 0.6 is 0 Å². The van der Waals surface area contributed by atoms with E-state index in [1.54, 1.807) is 10.6 Å². The molecule has 0 amide bonds. The number of rotatable bonds is 9. The normalized spacial score (nSPS) is 15.3. The Balaban J connectivity index is 1.90. The summed E-state index contributed by atoms with van der Waals surface area (Å²) in [5, 5.41) is 1.01. The minimum absolute atomic E-state index is 0.119. The smallest absolute Gasteiger partial charge is 0.419 e. The van der Waals surface area contributed by atoms with Crippen LogP contribution in [0.5, 0.6) is 0 Å². The van der Waals surface area contributed by atoms with Crippen LogP contribution in [-0.2, 0) is 25.2 Å². The molecule has 8 nitrogen and oxygen atoms in total. The van der Waals surface area contributed by atoms with Crippen LogP contribution in [0.2, 0.25) is 43.8 Å². The Bertz CT molecular complexity index is 1290. The van der Waals surface area contributed by atoms with E-state index in [2.05, 4.69) is 59.6 Å². The van der Waals surface area contributed by atoms with Gasteiger partial charge in [0.05, 0.1) is 23.5 Å². The molecule has 2 N–H and O–H groups in total. The summed E-state index contributed by atoms with van der Waals surface area (Å²) in [7, 11) is -3.09. The van der Waals surface area contributed by atoms with Gasteiger partial charge in [-0.25, -0.2) is 9.36 Å². The van der Waals surface area contributed by atoms with Crippen LogP contribution in [0, 0.1) is 0 Å². The average molecular weight is 602 g/mol. The minimum atomic E-state index is -1.92. The first-order valence-electron chi connectivity index (χ1n) is 14.4. The summed E-state index contributed by atoms with van der Waals surface area (Å²) < 4.78 is 26.0. The summed E-state index contributed by atoms with van der Waals surface area (Å²) in [4.78, 5) is 15.4. The van der Waals surface area contributed by atoms with E-state index in [1.807, 2.05) is 50.1 Å². The number of carbonyl (C=O) groups is 1. The van der Waals surface area contributed by atoms with Crippen molar-refractivity contribution in [1.82, 2.24) is 9.47 Å². The van der Waals surface area contributed by atoms with Crippen molar-refractivity contribution in [2.75, 3.05) is 20.1 Å². The third kappa shape index (κ3) is 9.23. The molecule has 0 bridgehead atoms. The minimum Gasteiger partial charge on any atom is -0.471 e. The molecule has 1 aromatic heterocycles. The van der Waals surface area contributed by atoms with E-state index < -0.39 is 28.1 Å². The van der Waals surface area contributed by atoms with Crippen molar-refractivity contribution >= 4 is 39.1 Å². The lowest BCUT2D eigenvalue weighted by Gasteiger charge is -2.36. The summed E-state index contributed by atoms with van der Waals surface area (Å²) in [6, 6.07) is 9.07. The number of hydrogen-bond donors (Lipinski definition) is 1. The molecule has 2 aromatic rings. The number of ether oxygens (including phenoxy) is 3. The summed E-state index contributed by atoms with van der Waals surface area (Å²) in [6.45, 7) is 25.6. The second-order valence-electron chi connectivity index (χ2n) is 14.6. The number of fused-ring (bicyclic) bond motifs is 1. The first-order valence-corrected chi connectivity index (χ1v) is 21.0. The summed E-state index contributed by atoms with van der Waals surface area (Å²) in [5.41, 5.74) is 8.57. The van der Waals surface area contributed by atoms with Crippen molar-refractivity contribution in [1.29, 1.82) is 0 Å². The van der Waals surface area contributed by atoms with Crippen LogP contribution in [-0.4, -0.2) is 57.6 Å². The molecule has 0 aliphatic carbocycles. The highest BCUT2D eigenvalue weighted by Crippen LogP contribution is 2.37. The zero-order valence-electron chi connectivity index (χ0n) is 27.0. The van der Waals surface area contributed by atoms with Gasteiger partial charge in [0.15, 0.2) is 15.0 Å². The molecule has 0 saturated heterocycles. The third-order valence-corrected chi connectivity index (χ3v) is 13.6. The number of allylic oxidation sites excluding steroid dienone is 1. The molecule has 0 unspecified atom stereocenters. The van der Waals surface area contributed by atoms with Gasteiger partial charge < -0.3 is 29.3 Å². The maximum absolute atomic E-state index is 13.5. The van der Waals surface area contributed by atoms with Gasteiger partial charge in [0.2, 0.25) is 0 Å². The van der Waals surface area contributed by atoms with Crippen molar-refractivity contribution < 1.29 is 23.4 Å². The van der Waals surface area contributed by atoms with Crippen molar-refractivity contribution in [3.05, 3.63) is 53.5 Å². The highest BCUT2D eigenvalue weighted by atomic mass is 28.4. The number of carbonyl (C=O) groups excluding carboxylic acids is 1. The van der Waals surface area contributed by atoms with E-state index in [4.69, 9.17) is 24.4 Å². The van der Waals surface area contributed by atoms with Crippen LogP contribution in [0.25, 0.3) is 16.7 Å². The highest BCUT2D eigenvalue weighted by molar-refractivity contribution is 6.76. The van der Waals surface area contributed by atoms with E-state index in [0.717, 1.165) is 22.5 Å². The molecule has 228 valence electrons. The Kier molecular flexibility index (Phi) is 9.95. The van der Waals surface area contributed by atoms with Gasteiger partial charge in [0.25, 0.3) is 0 Å². The first kappa shape index (κ1) is 33.0. The van der Waals surface area contributed by atoms with Crippen molar-refractivity contribution in [2.24, 2.45) is 5.73 Å². The second-order valence-corrected chi connectivity index (χ2v) is 25.1. The van der Waals surface area contributed by atoms with Crippen LogP contribution < -0.4 is 5.73 Å². The van der Waals surface area contributed by atoms with Crippen LogP contribution in [0.3, 0.4) is 0 Å². The molecule has 0 atom stereocenters. The van der Waals surface area contributed by atoms with Gasteiger partial charge in [-0.05, 0) is 68.7 Å². The Morgan fingerprint density at radius 3 is 2.34 bits per heavy atom. The van der Waals surface area contributed by atoms with E-state index in [9.17, 15) is 4.79 Å². The molecule has 1 aromatic carbocycles. The zero-order valence-corrected chi connectivity index (χ0v) is 29.0. The number of nitrogens with zero attached hydrogens (tertiary/aromatic N) is 2. The first-order chi connectivity index (χ1) is 18.8. The predicted molar refractivity (Wildman–Crippen MR) is 173 cm³/mol. The van der Waals surface area contributed by atoms with Crippen molar-refractivity contribution in [3.8, 4) is 0 Å². The van der Waals surface area contributed by atoms with Gasteiger partial charge in [-0.3, -0.25) is 0 Å². The largest absolute Gasteiger partial charge is 0.471 e. The summed E-state index contributed by atoms with van der Waals surface area (Å²) in [5.74, 6) is 0.490. The lowest BCUT2D eigenvalue weighted by molar-refractivity contribution is 0.0181. The molecule has 3 rings (SSSR count). The molecule has 10 heteroatoms. The molecular weight excluding hydrogens is 551 g/mol. The SMILES string of the molecule is CC(C)(C)OC(=O)n1c(C2=CC(N)=CN(COCC[Si](C)(C)C)CO2)cc2cc(CO[Si](C)(C)C(C)(C)C)ccc21. The lowest BCUT2D eigenvalue weighted by atomic mass is 10.1. The molecule has 0 radical (unpaired) electrons. The van der Waals surface area contributed by atoms with Gasteiger partial charge in [-0.1, -0.05) is 46.5 Å². The molecular formula is C31H51N3O5Si2. The molecule has 41 heavy (non-hydrogen) atoms. The zero-order chi connectivity index (χ0) is 30.8. The van der Waals surface area contributed by atoms with E-state index >= 15 is 0 Å². The summed E-state index contributed by atoms with van der Waals surface area (Å²) >= 11 is 0. The maximum atomic E-state index is 13.5. The maximum Gasteiger partial charge on any atom is 0.419 e. The molecule has 1 aliphatic rings. The molecule has 1 aliphatic heterocycles. The van der Waals surface area contributed by atoms with Crippen LogP contribution in [0.4, 0.5) is 4.79 Å². The summed E-state index contributed by atoms with van der Waals surface area (Å²) in [6.07, 6.45) is 3.09. The van der Waals surface area contributed by atoms with E-state index in [0.29, 0.717) is 37.1 Å². The highest BCUT2D eigenvalue weighted by Gasteiger charge is 2.37. The van der Waals surface area contributed by atoms with Gasteiger partial charge in [-0.15, -0.1) is 0 Å². The average Bonchev–Trinajstić information content (AvgIpc) is 3.08. The fourth-order valence-corrected chi connectivity index (χ4v) is 5.65. The molecule has 0 saturated carbocycles. The third-order valence-electron chi connectivity index (χ3n) is 7.37. The van der Waals surface area contributed by atoms with Gasteiger partial charge in [0, 0.05) is 32.3 Å². The number of nitrogens with two attached hydrogens (primary N) is 1. The number of hydrogen-bond acceptors (Lipinski definition) is 7. The van der Waals surface area contributed by atoms with Crippen LogP contribution in [0.1, 0.15) is 52.8 Å². The van der Waals surface area contributed by atoms with E-state index in [1.165, 1.54) is 0 Å². The molecule has 2 heterocycles. The van der Waals surface area contributed by atoms with Gasteiger partial charge >= 0.3 is 6.09 Å². The fourth-order valence-electron chi connectivity index (χ4n) is 3.93. The van der Waals surface area contributed by atoms with Gasteiger partial charge in [0.1, 0.15) is 18.1 Å². The number of aromatic nitrogens is 1. The molecule has 0 spiro atoms. The quantitative estimate of drug-likeness (QED) is 0.233. The Labute approximate surface area is 248 Å². The van der Waals surface area contributed by atoms with Crippen molar-refractivity contribution in [3.63, 3.8) is 0 Å². The second kappa shape index (κ2) is 12.4. The Morgan fingerprint density at radius 2 is 1.73 bits per heavy atom. The fraction of sp³-hybridized carbons (Fsp3) is 0.581. The standard InChI is InChI=1S/C31H51N3O5Si2/c1-30(2,3)39-29(35)34-26-13-12-23(20-38-41(10,11)31(4,5)6)16-24(26)17-27(34)28-18-25(32)19-33(22-37-28)21-36-14-15-40(7,8)9/h12-13,16-19H,14-15,20-22,32H2,1-11H3. The predicted octanol–water partition coefficient (Wildman–Crippen LogP) is 7.69. The molecule has 0 fully saturated rings. The van der Waals surface area contributed by atoms with Gasteiger partial charge in [-0.2, -0.15) is 0 Å². The lowest BCUT2D eigenvalue weighted by Crippen LogP contribution is -2.40. The van der Waals surface area contributed by atoms with Crippen LogP contribution in [0.15, 0.2) is 42.2 Å². The monoisotopic (exact) mass is 601 g/mol. The topological polar surface area (TPSA) is 88.2 Å².